The van der Waals surface area contributed by atoms with Crippen LogP contribution in [0.3, 0.4) is 0 Å². The van der Waals surface area contributed by atoms with Crippen molar-refractivity contribution >= 4 is 0 Å². The molecule has 0 aromatic heterocycles. The zero-order valence-corrected chi connectivity index (χ0v) is 9.83. The molecule has 2 heteroatoms. The highest BCUT2D eigenvalue weighted by Crippen LogP contribution is 2.39. The van der Waals surface area contributed by atoms with Gasteiger partial charge in [-0.05, 0) is 49.5 Å². The van der Waals surface area contributed by atoms with Gasteiger partial charge < -0.3 is 10.5 Å². The summed E-state index contributed by atoms with van der Waals surface area (Å²) in [5, 5.41) is 0. The summed E-state index contributed by atoms with van der Waals surface area (Å²) in [7, 11) is 0. The first-order chi connectivity index (χ1) is 7.60. The summed E-state index contributed by atoms with van der Waals surface area (Å²) in [6, 6.07) is 8.12. The summed E-state index contributed by atoms with van der Waals surface area (Å²) < 4.78 is 5.62. The monoisotopic (exact) mass is 217 g/mol. The lowest BCUT2D eigenvalue weighted by molar-refractivity contribution is 0.252. The van der Waals surface area contributed by atoms with Crippen molar-refractivity contribution in [2.75, 3.05) is 6.61 Å². The van der Waals surface area contributed by atoms with Gasteiger partial charge in [0.2, 0.25) is 0 Å². The largest absolute Gasteiger partial charge is 0.489 e. The fourth-order valence-corrected chi connectivity index (χ4v) is 1.95. The number of hydrogen-bond acceptors (Lipinski definition) is 2. The molecule has 1 aliphatic rings. The minimum Gasteiger partial charge on any atom is -0.489 e. The molecule has 0 bridgehead atoms. The summed E-state index contributed by atoms with van der Waals surface area (Å²) in [5.74, 6) is 0.886. The van der Waals surface area contributed by atoms with E-state index in [0.717, 1.165) is 24.2 Å². The zero-order chi connectivity index (χ0) is 11.6. The van der Waals surface area contributed by atoms with Gasteiger partial charge in [0.05, 0.1) is 0 Å². The molecular weight excluding hydrogens is 198 g/mol. The molecule has 1 saturated carbocycles. The zero-order valence-electron chi connectivity index (χ0n) is 9.83. The van der Waals surface area contributed by atoms with E-state index in [9.17, 15) is 0 Å². The number of nitrogens with two attached hydrogens (primary N) is 1. The summed E-state index contributed by atoms with van der Waals surface area (Å²) in [6.07, 6.45) is 3.39. The van der Waals surface area contributed by atoms with E-state index in [1.807, 2.05) is 19.1 Å². The molecule has 0 spiro atoms. The third kappa shape index (κ3) is 2.27. The summed E-state index contributed by atoms with van der Waals surface area (Å²) >= 11 is 0. The standard InChI is InChI=1S/C14H19NO/c1-11(2)10-16-13-6-3-5-12(9-13)14(15)7-4-8-14/h3,5-6,9H,1,4,7-8,10,15H2,2H3. The van der Waals surface area contributed by atoms with Gasteiger partial charge in [0.25, 0.3) is 0 Å². The normalized spacial score (nSPS) is 17.6. The maximum Gasteiger partial charge on any atom is 0.120 e. The van der Waals surface area contributed by atoms with Crippen LogP contribution in [0.25, 0.3) is 0 Å². The van der Waals surface area contributed by atoms with E-state index < -0.39 is 0 Å². The van der Waals surface area contributed by atoms with Crippen molar-refractivity contribution in [3.63, 3.8) is 0 Å². The molecule has 1 aromatic rings. The first-order valence-electron chi connectivity index (χ1n) is 5.77. The molecule has 0 radical (unpaired) electrons. The Kier molecular flexibility index (Phi) is 3.01. The average Bonchev–Trinajstić information content (AvgIpc) is 2.23. The molecule has 1 aliphatic carbocycles. The second kappa shape index (κ2) is 4.30. The quantitative estimate of drug-likeness (QED) is 0.787. The van der Waals surface area contributed by atoms with Crippen LogP contribution in [-0.2, 0) is 5.54 Å². The highest BCUT2D eigenvalue weighted by Gasteiger charge is 2.34. The molecule has 0 heterocycles. The molecule has 0 aliphatic heterocycles. The Balaban J connectivity index is 2.10. The number of rotatable bonds is 4. The maximum absolute atomic E-state index is 6.28. The predicted molar refractivity (Wildman–Crippen MR) is 66.5 cm³/mol. The van der Waals surface area contributed by atoms with Crippen LogP contribution >= 0.6 is 0 Å². The summed E-state index contributed by atoms with van der Waals surface area (Å²) in [5.41, 5.74) is 8.38. The first kappa shape index (κ1) is 11.2. The van der Waals surface area contributed by atoms with Crippen LogP contribution in [-0.4, -0.2) is 6.61 Å². The van der Waals surface area contributed by atoms with Crippen LogP contribution in [0.1, 0.15) is 31.7 Å². The smallest absolute Gasteiger partial charge is 0.120 e. The molecule has 16 heavy (non-hydrogen) atoms. The molecule has 86 valence electrons. The van der Waals surface area contributed by atoms with Crippen LogP contribution in [0.2, 0.25) is 0 Å². The number of benzene rings is 1. The Morgan fingerprint density at radius 2 is 2.25 bits per heavy atom. The summed E-state index contributed by atoms with van der Waals surface area (Å²) in [6.45, 7) is 6.35. The van der Waals surface area contributed by atoms with E-state index in [4.69, 9.17) is 10.5 Å². The fraction of sp³-hybridized carbons (Fsp3) is 0.429. The highest BCUT2D eigenvalue weighted by molar-refractivity contribution is 5.34. The third-order valence-corrected chi connectivity index (χ3v) is 3.14. The van der Waals surface area contributed by atoms with Crippen molar-refractivity contribution in [3.8, 4) is 5.75 Å². The molecule has 2 nitrogen and oxygen atoms in total. The van der Waals surface area contributed by atoms with E-state index in [1.54, 1.807) is 0 Å². The Labute approximate surface area is 97.1 Å². The van der Waals surface area contributed by atoms with Crippen molar-refractivity contribution in [3.05, 3.63) is 42.0 Å². The third-order valence-electron chi connectivity index (χ3n) is 3.14. The number of ether oxygens (including phenoxy) is 1. The van der Waals surface area contributed by atoms with E-state index in [1.165, 1.54) is 12.0 Å². The molecule has 2 N–H and O–H groups in total. The second-order valence-corrected chi connectivity index (χ2v) is 4.78. The molecule has 0 saturated heterocycles. The Morgan fingerprint density at radius 1 is 1.50 bits per heavy atom. The molecule has 0 atom stereocenters. The van der Waals surface area contributed by atoms with Gasteiger partial charge in [-0.2, -0.15) is 0 Å². The van der Waals surface area contributed by atoms with Crippen LogP contribution in [0, 0.1) is 0 Å². The Hall–Kier alpha value is -1.28. The van der Waals surface area contributed by atoms with Gasteiger partial charge in [-0.1, -0.05) is 18.7 Å². The molecule has 1 aromatic carbocycles. The Bertz CT molecular complexity index is 393. The molecule has 0 unspecified atom stereocenters. The lowest BCUT2D eigenvalue weighted by Gasteiger charge is -2.38. The van der Waals surface area contributed by atoms with Gasteiger partial charge in [-0.3, -0.25) is 0 Å². The first-order valence-corrected chi connectivity index (χ1v) is 5.77. The molecule has 1 fully saturated rings. The van der Waals surface area contributed by atoms with Gasteiger partial charge >= 0.3 is 0 Å². The van der Waals surface area contributed by atoms with Crippen molar-refractivity contribution in [1.82, 2.24) is 0 Å². The summed E-state index contributed by atoms with van der Waals surface area (Å²) in [4.78, 5) is 0. The van der Waals surface area contributed by atoms with E-state index in [2.05, 4.69) is 18.7 Å². The van der Waals surface area contributed by atoms with Gasteiger partial charge in [-0.25, -0.2) is 0 Å². The second-order valence-electron chi connectivity index (χ2n) is 4.78. The maximum atomic E-state index is 6.28. The van der Waals surface area contributed by atoms with Crippen molar-refractivity contribution in [2.45, 2.75) is 31.7 Å². The van der Waals surface area contributed by atoms with Gasteiger partial charge in [-0.15, -0.1) is 0 Å². The van der Waals surface area contributed by atoms with E-state index in [0.29, 0.717) is 6.61 Å². The van der Waals surface area contributed by atoms with E-state index in [-0.39, 0.29) is 5.54 Å². The van der Waals surface area contributed by atoms with Crippen LogP contribution in [0.5, 0.6) is 5.75 Å². The van der Waals surface area contributed by atoms with Crippen LogP contribution in [0.4, 0.5) is 0 Å². The van der Waals surface area contributed by atoms with Gasteiger partial charge in [0.15, 0.2) is 0 Å². The van der Waals surface area contributed by atoms with Crippen LogP contribution in [0.15, 0.2) is 36.4 Å². The Morgan fingerprint density at radius 3 is 2.81 bits per heavy atom. The lowest BCUT2D eigenvalue weighted by Crippen LogP contribution is -2.43. The molecule has 2 rings (SSSR count). The topological polar surface area (TPSA) is 35.2 Å². The van der Waals surface area contributed by atoms with Crippen LogP contribution < -0.4 is 10.5 Å². The van der Waals surface area contributed by atoms with E-state index >= 15 is 0 Å². The average molecular weight is 217 g/mol. The van der Waals surface area contributed by atoms with Crippen molar-refractivity contribution < 1.29 is 4.74 Å². The minimum atomic E-state index is -0.109. The lowest BCUT2D eigenvalue weighted by atomic mass is 9.73. The molecule has 0 amide bonds. The highest BCUT2D eigenvalue weighted by atomic mass is 16.5. The fourth-order valence-electron chi connectivity index (χ4n) is 1.95. The van der Waals surface area contributed by atoms with Crippen molar-refractivity contribution in [2.24, 2.45) is 5.73 Å². The predicted octanol–water partition coefficient (Wildman–Crippen LogP) is 2.98. The SMILES string of the molecule is C=C(C)COc1cccc(C2(N)CCC2)c1. The van der Waals surface area contributed by atoms with Gasteiger partial charge in [0.1, 0.15) is 12.4 Å². The number of hydrogen-bond donors (Lipinski definition) is 1. The minimum absolute atomic E-state index is 0.109. The van der Waals surface area contributed by atoms with Crippen molar-refractivity contribution in [1.29, 1.82) is 0 Å². The molecular formula is C14H19NO. The van der Waals surface area contributed by atoms with Gasteiger partial charge in [0, 0.05) is 5.54 Å².